The molecule has 0 amide bonds. The average molecular weight is 467 g/mol. The molecule has 0 fully saturated rings. The first kappa shape index (κ1) is 22.6. The second-order valence-corrected chi connectivity index (χ2v) is 7.78. The molecule has 0 aromatic heterocycles. The molecule has 0 aliphatic carbocycles. The van der Waals surface area contributed by atoms with Gasteiger partial charge in [-0.1, -0.05) is 54.1 Å². The Morgan fingerprint density at radius 2 is 1.79 bits per heavy atom. The summed E-state index contributed by atoms with van der Waals surface area (Å²) in [6, 6.07) is 23.5. The van der Waals surface area contributed by atoms with Crippen LogP contribution in [0, 0.1) is 0 Å². The second-order valence-electron chi connectivity index (χ2n) is 7.34. The average Bonchev–Trinajstić information content (AvgIpc) is 3.29. The summed E-state index contributed by atoms with van der Waals surface area (Å²) in [4.78, 5) is 20.0. The van der Waals surface area contributed by atoms with Crippen molar-refractivity contribution < 1.29 is 23.8 Å². The van der Waals surface area contributed by atoms with Crippen LogP contribution in [0.4, 0.5) is 0 Å². The number of aliphatic imine (C=N–C) groups is 1. The van der Waals surface area contributed by atoms with E-state index in [9.17, 15) is 4.79 Å². The van der Waals surface area contributed by atoms with Crippen LogP contribution in [0.5, 0.6) is 5.75 Å². The zero-order chi connectivity index (χ0) is 23.1. The highest BCUT2D eigenvalue weighted by molar-refractivity contribution is 6.30. The van der Waals surface area contributed by atoms with E-state index in [1.807, 2.05) is 66.7 Å². The molecule has 4 rings (SSSR count). The van der Waals surface area contributed by atoms with Crippen LogP contribution in [0.3, 0.4) is 0 Å². The van der Waals surface area contributed by atoms with Gasteiger partial charge in [-0.15, -0.1) is 0 Å². The molecular weight excluding hydrogens is 444 g/mol. The van der Waals surface area contributed by atoms with Crippen molar-refractivity contribution in [1.29, 1.82) is 0 Å². The van der Waals surface area contributed by atoms with Gasteiger partial charge in [0.25, 0.3) is 0 Å². The van der Waals surface area contributed by atoms with Gasteiger partial charge in [0.2, 0.25) is 0 Å². The fourth-order valence-corrected chi connectivity index (χ4v) is 3.88. The lowest BCUT2D eigenvalue weighted by atomic mass is 9.83. The van der Waals surface area contributed by atoms with E-state index in [0.29, 0.717) is 18.2 Å². The standard InChI is InChI=1S/C25H23ClN2O5/c1-30-12-13-31-23-10-8-20(9-11-23)25(16-32-24(27-25)28-33-17-29)21-6-2-4-18(14-21)19-5-3-7-22(26)15-19/h2-11,14-15,17H,12-13,16H2,1H3,(H,27,28). The molecule has 0 bridgehead atoms. The third-order valence-corrected chi connectivity index (χ3v) is 5.53. The SMILES string of the molecule is COCCOc1ccc(C2(c3cccc(-c4cccc(Cl)c4)c3)COC(NOC=O)=N2)cc1. The highest BCUT2D eigenvalue weighted by atomic mass is 35.5. The van der Waals surface area contributed by atoms with Gasteiger partial charge in [0.1, 0.15) is 19.0 Å². The Morgan fingerprint density at radius 3 is 2.52 bits per heavy atom. The molecule has 0 saturated heterocycles. The van der Waals surface area contributed by atoms with Crippen LogP contribution < -0.4 is 10.2 Å². The maximum Gasteiger partial charge on any atom is 0.320 e. The number of carbonyl (C=O) groups is 1. The van der Waals surface area contributed by atoms with Crippen molar-refractivity contribution in [3.05, 3.63) is 88.9 Å². The van der Waals surface area contributed by atoms with E-state index in [-0.39, 0.29) is 19.1 Å². The maximum atomic E-state index is 10.6. The van der Waals surface area contributed by atoms with E-state index in [0.717, 1.165) is 28.0 Å². The molecule has 1 N–H and O–H groups in total. The molecule has 1 unspecified atom stereocenters. The summed E-state index contributed by atoms with van der Waals surface area (Å²) in [5.74, 6) is 0.726. The smallest absolute Gasteiger partial charge is 0.320 e. The van der Waals surface area contributed by atoms with E-state index in [1.54, 1.807) is 7.11 Å². The monoisotopic (exact) mass is 466 g/mol. The van der Waals surface area contributed by atoms with Crippen molar-refractivity contribution in [3.63, 3.8) is 0 Å². The number of amidine groups is 1. The molecule has 0 saturated carbocycles. The number of rotatable bonds is 9. The predicted molar refractivity (Wildman–Crippen MR) is 125 cm³/mol. The molecule has 1 aliphatic heterocycles. The highest BCUT2D eigenvalue weighted by Gasteiger charge is 2.41. The summed E-state index contributed by atoms with van der Waals surface area (Å²) >= 11 is 6.20. The van der Waals surface area contributed by atoms with Gasteiger partial charge in [0.05, 0.1) is 6.61 Å². The van der Waals surface area contributed by atoms with Crippen LogP contribution in [0.15, 0.2) is 77.8 Å². The van der Waals surface area contributed by atoms with Crippen molar-refractivity contribution in [2.24, 2.45) is 4.99 Å². The van der Waals surface area contributed by atoms with E-state index >= 15 is 0 Å². The molecule has 170 valence electrons. The Balaban J connectivity index is 1.73. The Morgan fingerprint density at radius 1 is 1.03 bits per heavy atom. The number of benzene rings is 3. The molecule has 1 heterocycles. The molecule has 0 radical (unpaired) electrons. The van der Waals surface area contributed by atoms with Crippen molar-refractivity contribution >= 4 is 24.1 Å². The van der Waals surface area contributed by atoms with Crippen LogP contribution >= 0.6 is 11.6 Å². The number of hydrogen-bond donors (Lipinski definition) is 1. The number of nitrogens with zero attached hydrogens (tertiary/aromatic N) is 1. The molecule has 8 heteroatoms. The van der Waals surface area contributed by atoms with Crippen LogP contribution in [0.1, 0.15) is 11.1 Å². The minimum atomic E-state index is -0.853. The molecule has 7 nitrogen and oxygen atoms in total. The van der Waals surface area contributed by atoms with Gasteiger partial charge in [-0.3, -0.25) is 4.79 Å². The Kier molecular flexibility index (Phi) is 7.12. The summed E-state index contributed by atoms with van der Waals surface area (Å²) < 4.78 is 16.5. The summed E-state index contributed by atoms with van der Waals surface area (Å²) in [6.07, 6.45) is 0. The van der Waals surface area contributed by atoms with Gasteiger partial charge >= 0.3 is 12.5 Å². The van der Waals surface area contributed by atoms with Crippen molar-refractivity contribution in [3.8, 4) is 16.9 Å². The van der Waals surface area contributed by atoms with Gasteiger partial charge in [0.15, 0.2) is 5.54 Å². The first-order valence-corrected chi connectivity index (χ1v) is 10.7. The number of hydroxylamine groups is 1. The van der Waals surface area contributed by atoms with E-state index in [2.05, 4.69) is 16.4 Å². The van der Waals surface area contributed by atoms with Gasteiger partial charge in [0, 0.05) is 12.1 Å². The van der Waals surface area contributed by atoms with Gasteiger partial charge in [-0.25, -0.2) is 4.99 Å². The Bertz CT molecular complexity index is 1140. The number of carbonyl (C=O) groups excluding carboxylic acids is 1. The van der Waals surface area contributed by atoms with Gasteiger partial charge < -0.3 is 19.0 Å². The molecule has 3 aromatic rings. The number of ether oxygens (including phenoxy) is 3. The van der Waals surface area contributed by atoms with E-state index < -0.39 is 5.54 Å². The van der Waals surface area contributed by atoms with Crippen LogP contribution in [-0.4, -0.2) is 39.4 Å². The van der Waals surface area contributed by atoms with Crippen molar-refractivity contribution in [2.45, 2.75) is 5.54 Å². The zero-order valence-corrected chi connectivity index (χ0v) is 18.7. The first-order chi connectivity index (χ1) is 16.1. The number of nitrogens with one attached hydrogen (secondary N) is 1. The van der Waals surface area contributed by atoms with E-state index in [1.165, 1.54) is 0 Å². The number of halogens is 1. The first-order valence-electron chi connectivity index (χ1n) is 10.3. The molecular formula is C25H23ClN2O5. The lowest BCUT2D eigenvalue weighted by molar-refractivity contribution is -0.132. The number of hydrogen-bond acceptors (Lipinski definition) is 7. The van der Waals surface area contributed by atoms with Crippen LogP contribution in [-0.2, 0) is 24.6 Å². The zero-order valence-electron chi connectivity index (χ0n) is 18.0. The minimum absolute atomic E-state index is 0.121. The third kappa shape index (κ3) is 5.10. The molecule has 3 aromatic carbocycles. The molecule has 0 spiro atoms. The van der Waals surface area contributed by atoms with Crippen molar-refractivity contribution in [1.82, 2.24) is 5.48 Å². The van der Waals surface area contributed by atoms with Crippen LogP contribution in [0.25, 0.3) is 11.1 Å². The summed E-state index contributed by atoms with van der Waals surface area (Å²) in [5.41, 5.74) is 5.37. The molecule has 1 atom stereocenters. The number of methoxy groups -OCH3 is 1. The van der Waals surface area contributed by atoms with Gasteiger partial charge in [-0.2, -0.15) is 5.48 Å². The summed E-state index contributed by atoms with van der Waals surface area (Å²) in [6.45, 7) is 1.46. The fraction of sp³-hybridized carbons (Fsp3) is 0.200. The second kappa shape index (κ2) is 10.4. The molecule has 1 aliphatic rings. The summed E-state index contributed by atoms with van der Waals surface area (Å²) in [7, 11) is 1.63. The third-order valence-electron chi connectivity index (χ3n) is 5.29. The topological polar surface area (TPSA) is 78.4 Å². The van der Waals surface area contributed by atoms with Crippen molar-refractivity contribution in [2.75, 3.05) is 26.9 Å². The molecule has 33 heavy (non-hydrogen) atoms. The minimum Gasteiger partial charge on any atom is -0.491 e. The Labute approximate surface area is 196 Å². The largest absolute Gasteiger partial charge is 0.491 e. The maximum absolute atomic E-state index is 10.6. The summed E-state index contributed by atoms with van der Waals surface area (Å²) in [5, 5.41) is 0.663. The van der Waals surface area contributed by atoms with Crippen LogP contribution in [0.2, 0.25) is 5.02 Å². The van der Waals surface area contributed by atoms with Gasteiger partial charge in [-0.05, 0) is 52.6 Å². The quantitative estimate of drug-likeness (QED) is 0.287. The Hall–Kier alpha value is -3.55. The lowest BCUT2D eigenvalue weighted by Gasteiger charge is -2.26. The normalized spacial score (nSPS) is 17.1. The van der Waals surface area contributed by atoms with E-state index in [4.69, 9.17) is 30.8 Å². The lowest BCUT2D eigenvalue weighted by Crippen LogP contribution is -2.27. The highest BCUT2D eigenvalue weighted by Crippen LogP contribution is 2.40. The fourth-order valence-electron chi connectivity index (χ4n) is 3.69. The predicted octanol–water partition coefficient (Wildman–Crippen LogP) is 4.34.